The number of halogens is 2. The first-order valence-electron chi connectivity index (χ1n) is 9.95. The van der Waals surface area contributed by atoms with E-state index in [-0.39, 0.29) is 17.0 Å². The summed E-state index contributed by atoms with van der Waals surface area (Å²) in [6.45, 7) is 1.94. The van der Waals surface area contributed by atoms with Crippen LogP contribution in [0.3, 0.4) is 0 Å². The summed E-state index contributed by atoms with van der Waals surface area (Å²) in [5.74, 6) is -1.44. The standard InChI is InChI=1S/C21H25F2N3O2S/c1-2-17-18(8-13-6-4-3-5-7-13)25-21(26-20(17)28)29-12-19(27)24-16-10-14(22)9-15(23)11-16/h9-11,13H,2-8,12H2,1H3,(H,24,27)(H,25,26,28). The largest absolute Gasteiger partial charge is 0.325 e. The molecule has 8 heteroatoms. The molecule has 0 aliphatic heterocycles. The van der Waals surface area contributed by atoms with E-state index in [4.69, 9.17) is 0 Å². The smallest absolute Gasteiger partial charge is 0.254 e. The second-order valence-electron chi connectivity index (χ2n) is 7.35. The molecule has 1 aromatic heterocycles. The third kappa shape index (κ3) is 6.13. The van der Waals surface area contributed by atoms with Gasteiger partial charge in [0.25, 0.3) is 5.56 Å². The number of aromatic amines is 1. The van der Waals surface area contributed by atoms with Crippen LogP contribution in [0.15, 0.2) is 28.2 Å². The average molecular weight is 422 g/mol. The van der Waals surface area contributed by atoms with Gasteiger partial charge in [0.15, 0.2) is 5.16 Å². The highest BCUT2D eigenvalue weighted by molar-refractivity contribution is 7.99. The number of aromatic nitrogens is 2. The third-order valence-electron chi connectivity index (χ3n) is 5.13. The van der Waals surface area contributed by atoms with E-state index in [2.05, 4.69) is 15.3 Å². The molecule has 1 aliphatic rings. The van der Waals surface area contributed by atoms with E-state index in [1.807, 2.05) is 6.92 Å². The van der Waals surface area contributed by atoms with Gasteiger partial charge in [-0.1, -0.05) is 50.8 Å². The number of anilines is 1. The fraction of sp³-hybridized carbons (Fsp3) is 0.476. The summed E-state index contributed by atoms with van der Waals surface area (Å²) in [5, 5.41) is 2.84. The Morgan fingerprint density at radius 1 is 1.21 bits per heavy atom. The molecule has 2 aromatic rings. The predicted octanol–water partition coefficient (Wildman–Crippen LogP) is 4.46. The average Bonchev–Trinajstić information content (AvgIpc) is 2.66. The molecule has 1 aliphatic carbocycles. The van der Waals surface area contributed by atoms with Crippen LogP contribution < -0.4 is 10.9 Å². The molecule has 1 aromatic carbocycles. The van der Waals surface area contributed by atoms with Crippen LogP contribution in [0.5, 0.6) is 0 Å². The minimum absolute atomic E-state index is 0.0323. The van der Waals surface area contributed by atoms with Crippen molar-refractivity contribution < 1.29 is 13.6 Å². The lowest BCUT2D eigenvalue weighted by Crippen LogP contribution is -2.21. The summed E-state index contributed by atoms with van der Waals surface area (Å²) in [7, 11) is 0. The van der Waals surface area contributed by atoms with E-state index in [9.17, 15) is 18.4 Å². The molecule has 2 N–H and O–H groups in total. The molecular weight excluding hydrogens is 396 g/mol. The first-order chi connectivity index (χ1) is 13.9. The van der Waals surface area contributed by atoms with Gasteiger partial charge in [-0.05, 0) is 30.9 Å². The number of thioether (sulfide) groups is 1. The zero-order chi connectivity index (χ0) is 20.8. The van der Waals surface area contributed by atoms with Crippen LogP contribution in [-0.4, -0.2) is 21.6 Å². The molecule has 0 bridgehead atoms. The molecule has 1 amide bonds. The first kappa shape index (κ1) is 21.5. The van der Waals surface area contributed by atoms with Crippen molar-refractivity contribution in [3.05, 3.63) is 51.4 Å². The summed E-state index contributed by atoms with van der Waals surface area (Å²) in [6.07, 6.45) is 7.43. The molecule has 29 heavy (non-hydrogen) atoms. The van der Waals surface area contributed by atoms with Crippen molar-refractivity contribution in [2.45, 2.75) is 57.0 Å². The zero-order valence-electron chi connectivity index (χ0n) is 16.4. The Balaban J connectivity index is 1.66. The van der Waals surface area contributed by atoms with Gasteiger partial charge < -0.3 is 10.3 Å². The molecule has 0 atom stereocenters. The van der Waals surface area contributed by atoms with Gasteiger partial charge in [0.1, 0.15) is 11.6 Å². The highest BCUT2D eigenvalue weighted by atomic mass is 32.2. The molecule has 1 fully saturated rings. The van der Waals surface area contributed by atoms with Gasteiger partial charge in [-0.3, -0.25) is 9.59 Å². The molecule has 0 spiro atoms. The number of hydrogen-bond acceptors (Lipinski definition) is 4. The zero-order valence-corrected chi connectivity index (χ0v) is 17.2. The van der Waals surface area contributed by atoms with Crippen molar-refractivity contribution in [3.8, 4) is 0 Å². The second kappa shape index (κ2) is 10.0. The Kier molecular flexibility index (Phi) is 7.41. The monoisotopic (exact) mass is 421 g/mol. The van der Waals surface area contributed by atoms with Gasteiger partial charge in [0, 0.05) is 17.3 Å². The molecule has 3 rings (SSSR count). The number of H-pyrrole nitrogens is 1. The van der Waals surface area contributed by atoms with Crippen molar-refractivity contribution in [3.63, 3.8) is 0 Å². The van der Waals surface area contributed by atoms with Crippen molar-refractivity contribution in [1.29, 1.82) is 0 Å². The van der Waals surface area contributed by atoms with E-state index in [0.29, 0.717) is 23.1 Å². The normalized spacial score (nSPS) is 14.7. The van der Waals surface area contributed by atoms with Crippen LogP contribution in [0.4, 0.5) is 14.5 Å². The Hall–Kier alpha value is -2.22. The minimum Gasteiger partial charge on any atom is -0.325 e. The van der Waals surface area contributed by atoms with Crippen LogP contribution >= 0.6 is 11.8 Å². The lowest BCUT2D eigenvalue weighted by Gasteiger charge is -2.22. The first-order valence-corrected chi connectivity index (χ1v) is 10.9. The quantitative estimate of drug-likeness (QED) is 0.511. The van der Waals surface area contributed by atoms with Crippen LogP contribution in [0.25, 0.3) is 0 Å². The summed E-state index contributed by atoms with van der Waals surface area (Å²) in [5.41, 5.74) is 1.41. The number of carbonyl (C=O) groups is 1. The molecular formula is C21H25F2N3O2S. The van der Waals surface area contributed by atoms with Gasteiger partial charge >= 0.3 is 0 Å². The Morgan fingerprint density at radius 3 is 2.55 bits per heavy atom. The lowest BCUT2D eigenvalue weighted by atomic mass is 9.85. The molecule has 156 valence electrons. The lowest BCUT2D eigenvalue weighted by molar-refractivity contribution is -0.113. The van der Waals surface area contributed by atoms with Crippen LogP contribution in [-0.2, 0) is 17.6 Å². The van der Waals surface area contributed by atoms with E-state index < -0.39 is 17.5 Å². The Morgan fingerprint density at radius 2 is 1.90 bits per heavy atom. The van der Waals surface area contributed by atoms with Gasteiger partial charge in [0.05, 0.1) is 11.4 Å². The van der Waals surface area contributed by atoms with Crippen LogP contribution in [0, 0.1) is 17.6 Å². The number of nitrogens with zero attached hydrogens (tertiary/aromatic N) is 1. The fourth-order valence-electron chi connectivity index (χ4n) is 3.75. The Bertz CT molecular complexity index is 906. The highest BCUT2D eigenvalue weighted by Crippen LogP contribution is 2.27. The molecule has 0 unspecified atom stereocenters. The summed E-state index contributed by atoms with van der Waals surface area (Å²) >= 11 is 1.10. The van der Waals surface area contributed by atoms with Gasteiger partial charge in [-0.25, -0.2) is 13.8 Å². The molecule has 1 saturated carbocycles. The highest BCUT2D eigenvalue weighted by Gasteiger charge is 2.19. The van der Waals surface area contributed by atoms with Gasteiger partial charge in [-0.2, -0.15) is 0 Å². The number of carbonyl (C=O) groups excluding carboxylic acids is 1. The molecule has 1 heterocycles. The van der Waals surface area contributed by atoms with Crippen LogP contribution in [0.1, 0.15) is 50.3 Å². The van der Waals surface area contributed by atoms with Crippen molar-refractivity contribution in [1.82, 2.24) is 9.97 Å². The fourth-order valence-corrected chi connectivity index (χ4v) is 4.42. The SMILES string of the molecule is CCc1c(CC2CCCCC2)nc(SCC(=O)Nc2cc(F)cc(F)c2)[nH]c1=O. The topological polar surface area (TPSA) is 74.8 Å². The Labute approximate surface area is 172 Å². The maximum Gasteiger partial charge on any atom is 0.254 e. The number of amides is 1. The predicted molar refractivity (Wildman–Crippen MR) is 110 cm³/mol. The summed E-state index contributed by atoms with van der Waals surface area (Å²) in [6, 6.07) is 2.83. The second-order valence-corrected chi connectivity index (χ2v) is 8.32. The molecule has 5 nitrogen and oxygen atoms in total. The van der Waals surface area contributed by atoms with Gasteiger partial charge in [-0.15, -0.1) is 0 Å². The van der Waals surface area contributed by atoms with Crippen molar-refractivity contribution >= 4 is 23.4 Å². The van der Waals surface area contributed by atoms with Gasteiger partial charge in [0.2, 0.25) is 5.91 Å². The molecule has 0 saturated heterocycles. The molecule has 0 radical (unpaired) electrons. The minimum atomic E-state index is -0.763. The summed E-state index contributed by atoms with van der Waals surface area (Å²) < 4.78 is 26.5. The van der Waals surface area contributed by atoms with E-state index in [1.54, 1.807) is 0 Å². The van der Waals surface area contributed by atoms with Crippen molar-refractivity contribution in [2.24, 2.45) is 5.92 Å². The van der Waals surface area contributed by atoms with E-state index >= 15 is 0 Å². The maximum absolute atomic E-state index is 13.2. The van der Waals surface area contributed by atoms with Crippen molar-refractivity contribution in [2.75, 3.05) is 11.1 Å². The maximum atomic E-state index is 13.2. The third-order valence-corrected chi connectivity index (χ3v) is 6.00. The number of nitrogens with one attached hydrogen (secondary N) is 2. The number of benzene rings is 1. The summed E-state index contributed by atoms with van der Waals surface area (Å²) in [4.78, 5) is 31.9. The number of hydrogen-bond donors (Lipinski definition) is 2. The van der Waals surface area contributed by atoms with E-state index in [0.717, 1.165) is 54.9 Å². The van der Waals surface area contributed by atoms with Crippen LogP contribution in [0.2, 0.25) is 0 Å². The number of rotatable bonds is 7. The van der Waals surface area contributed by atoms with E-state index in [1.165, 1.54) is 19.3 Å².